The van der Waals surface area contributed by atoms with Crippen LogP contribution in [-0.4, -0.2) is 18.6 Å². The van der Waals surface area contributed by atoms with Crippen molar-refractivity contribution in [2.24, 2.45) is 17.1 Å². The molecule has 1 aliphatic rings. The fourth-order valence-electron chi connectivity index (χ4n) is 2.70. The molecule has 16 heavy (non-hydrogen) atoms. The molecule has 0 aliphatic heterocycles. The molecular weight excluding hydrogens is 202 g/mol. The van der Waals surface area contributed by atoms with Crippen LogP contribution in [0.5, 0.6) is 0 Å². The molecule has 0 amide bonds. The first kappa shape index (κ1) is 13.5. The highest BCUT2D eigenvalue weighted by Gasteiger charge is 2.32. The predicted molar refractivity (Wildman–Crippen MR) is 65.0 cm³/mol. The molecule has 0 aromatic rings. The highest BCUT2D eigenvalue weighted by atomic mass is 16.5. The van der Waals surface area contributed by atoms with Gasteiger partial charge in [0.05, 0.1) is 13.0 Å². The van der Waals surface area contributed by atoms with Crippen LogP contribution in [-0.2, 0) is 9.53 Å². The van der Waals surface area contributed by atoms with Crippen LogP contribution in [0.25, 0.3) is 0 Å². The van der Waals surface area contributed by atoms with E-state index in [9.17, 15) is 4.79 Å². The molecule has 0 bridgehead atoms. The Morgan fingerprint density at radius 1 is 1.56 bits per heavy atom. The number of carbonyl (C=O) groups is 1. The lowest BCUT2D eigenvalue weighted by molar-refractivity contribution is -0.143. The average molecular weight is 227 g/mol. The molecule has 2 unspecified atom stereocenters. The summed E-state index contributed by atoms with van der Waals surface area (Å²) < 4.78 is 4.94. The van der Waals surface area contributed by atoms with Crippen molar-refractivity contribution in [3.63, 3.8) is 0 Å². The number of esters is 1. The molecule has 0 saturated heterocycles. The molecule has 3 heteroatoms. The maximum absolute atomic E-state index is 11.4. The highest BCUT2D eigenvalue weighted by molar-refractivity contribution is 5.70. The second kappa shape index (κ2) is 5.67. The van der Waals surface area contributed by atoms with Crippen LogP contribution in [0.1, 0.15) is 52.9 Å². The van der Waals surface area contributed by atoms with E-state index in [1.54, 1.807) is 0 Å². The smallest absolute Gasteiger partial charge is 0.307 e. The summed E-state index contributed by atoms with van der Waals surface area (Å²) in [7, 11) is 0. The monoisotopic (exact) mass is 227 g/mol. The van der Waals surface area contributed by atoms with Gasteiger partial charge in [0.1, 0.15) is 0 Å². The SMILES string of the molecule is CCOC(=O)CC(N)C1CCCC(C)(C)C1. The van der Waals surface area contributed by atoms with Crippen molar-refractivity contribution in [3.05, 3.63) is 0 Å². The van der Waals surface area contributed by atoms with Gasteiger partial charge in [0.15, 0.2) is 0 Å². The number of ether oxygens (including phenoxy) is 1. The van der Waals surface area contributed by atoms with Crippen molar-refractivity contribution in [2.75, 3.05) is 6.61 Å². The van der Waals surface area contributed by atoms with Crippen LogP contribution in [0.15, 0.2) is 0 Å². The fraction of sp³-hybridized carbons (Fsp3) is 0.923. The zero-order valence-corrected chi connectivity index (χ0v) is 10.8. The topological polar surface area (TPSA) is 52.3 Å². The van der Waals surface area contributed by atoms with Gasteiger partial charge in [-0.25, -0.2) is 0 Å². The summed E-state index contributed by atoms with van der Waals surface area (Å²) in [5.41, 5.74) is 6.48. The Balaban J connectivity index is 2.41. The first-order chi connectivity index (χ1) is 7.44. The minimum absolute atomic E-state index is 0.0291. The lowest BCUT2D eigenvalue weighted by Crippen LogP contribution is -2.38. The molecule has 2 N–H and O–H groups in total. The average Bonchev–Trinajstić information content (AvgIpc) is 2.16. The van der Waals surface area contributed by atoms with Gasteiger partial charge in [-0.15, -0.1) is 0 Å². The minimum Gasteiger partial charge on any atom is -0.466 e. The molecule has 0 aromatic carbocycles. The van der Waals surface area contributed by atoms with Crippen LogP contribution < -0.4 is 5.73 Å². The number of nitrogens with two attached hydrogens (primary N) is 1. The third kappa shape index (κ3) is 4.12. The summed E-state index contributed by atoms with van der Waals surface area (Å²) in [4.78, 5) is 11.4. The summed E-state index contributed by atoms with van der Waals surface area (Å²) in [6.45, 7) is 6.85. The number of carbonyl (C=O) groups excluding carboxylic acids is 1. The van der Waals surface area contributed by atoms with Crippen LogP contribution in [0.4, 0.5) is 0 Å². The van der Waals surface area contributed by atoms with E-state index in [-0.39, 0.29) is 12.0 Å². The standard InChI is InChI=1S/C13H25NO2/c1-4-16-12(15)8-11(14)10-6-5-7-13(2,3)9-10/h10-11H,4-9,14H2,1-3H3. The Hall–Kier alpha value is -0.570. The third-order valence-corrected chi connectivity index (χ3v) is 3.56. The second-order valence-electron chi connectivity index (χ2n) is 5.69. The molecule has 2 atom stereocenters. The summed E-state index contributed by atoms with van der Waals surface area (Å²) in [6.07, 6.45) is 5.16. The summed E-state index contributed by atoms with van der Waals surface area (Å²) in [6, 6.07) is -0.0291. The van der Waals surface area contributed by atoms with Crippen molar-refractivity contribution in [1.82, 2.24) is 0 Å². The first-order valence-corrected chi connectivity index (χ1v) is 6.36. The van der Waals surface area contributed by atoms with Gasteiger partial charge in [0, 0.05) is 6.04 Å². The number of hydrogen-bond acceptors (Lipinski definition) is 3. The van der Waals surface area contributed by atoms with E-state index in [0.29, 0.717) is 24.4 Å². The zero-order chi connectivity index (χ0) is 12.2. The van der Waals surface area contributed by atoms with Crippen molar-refractivity contribution in [3.8, 4) is 0 Å². The Bertz CT molecular complexity index is 238. The highest BCUT2D eigenvalue weighted by Crippen LogP contribution is 2.39. The van der Waals surface area contributed by atoms with Gasteiger partial charge in [-0.2, -0.15) is 0 Å². The van der Waals surface area contributed by atoms with Crippen LogP contribution in [0, 0.1) is 11.3 Å². The molecule has 1 fully saturated rings. The number of hydrogen-bond donors (Lipinski definition) is 1. The minimum atomic E-state index is -0.154. The maximum atomic E-state index is 11.4. The Morgan fingerprint density at radius 2 is 2.25 bits per heavy atom. The normalized spacial score (nSPS) is 26.1. The van der Waals surface area contributed by atoms with E-state index in [4.69, 9.17) is 10.5 Å². The molecular formula is C13H25NO2. The Labute approximate surface area is 98.7 Å². The van der Waals surface area contributed by atoms with Crippen LogP contribution in [0.3, 0.4) is 0 Å². The third-order valence-electron chi connectivity index (χ3n) is 3.56. The lowest BCUT2D eigenvalue weighted by atomic mass is 9.70. The zero-order valence-electron chi connectivity index (χ0n) is 10.8. The van der Waals surface area contributed by atoms with Gasteiger partial charge in [-0.1, -0.05) is 20.3 Å². The molecule has 0 heterocycles. The number of rotatable bonds is 4. The van der Waals surface area contributed by atoms with Crippen molar-refractivity contribution in [1.29, 1.82) is 0 Å². The maximum Gasteiger partial charge on any atom is 0.307 e. The van der Waals surface area contributed by atoms with E-state index in [0.717, 1.165) is 12.8 Å². The van der Waals surface area contributed by atoms with Crippen LogP contribution >= 0.6 is 0 Å². The molecule has 94 valence electrons. The largest absolute Gasteiger partial charge is 0.466 e. The molecule has 1 aliphatic carbocycles. The van der Waals surface area contributed by atoms with E-state index in [1.807, 2.05) is 6.92 Å². The van der Waals surface area contributed by atoms with Gasteiger partial charge in [-0.05, 0) is 37.5 Å². The van der Waals surface area contributed by atoms with Crippen molar-refractivity contribution in [2.45, 2.75) is 58.9 Å². The summed E-state index contributed by atoms with van der Waals surface area (Å²) >= 11 is 0. The lowest BCUT2D eigenvalue weighted by Gasteiger charge is -2.37. The molecule has 1 rings (SSSR count). The van der Waals surface area contributed by atoms with Crippen molar-refractivity contribution >= 4 is 5.97 Å². The molecule has 3 nitrogen and oxygen atoms in total. The summed E-state index contributed by atoms with van der Waals surface area (Å²) in [5.74, 6) is 0.325. The van der Waals surface area contributed by atoms with E-state index < -0.39 is 0 Å². The molecule has 0 radical (unpaired) electrons. The van der Waals surface area contributed by atoms with E-state index >= 15 is 0 Å². The molecule has 0 aromatic heterocycles. The summed E-state index contributed by atoms with van der Waals surface area (Å²) in [5, 5.41) is 0. The van der Waals surface area contributed by atoms with Gasteiger partial charge in [0.25, 0.3) is 0 Å². The quantitative estimate of drug-likeness (QED) is 0.751. The van der Waals surface area contributed by atoms with Gasteiger partial charge in [-0.3, -0.25) is 4.79 Å². The Kier molecular flexibility index (Phi) is 4.78. The first-order valence-electron chi connectivity index (χ1n) is 6.36. The Morgan fingerprint density at radius 3 is 2.81 bits per heavy atom. The van der Waals surface area contributed by atoms with Gasteiger partial charge in [0.2, 0.25) is 0 Å². The van der Waals surface area contributed by atoms with E-state index in [1.165, 1.54) is 12.8 Å². The molecule has 0 spiro atoms. The van der Waals surface area contributed by atoms with E-state index in [2.05, 4.69) is 13.8 Å². The van der Waals surface area contributed by atoms with Gasteiger partial charge < -0.3 is 10.5 Å². The van der Waals surface area contributed by atoms with Gasteiger partial charge >= 0.3 is 5.97 Å². The fourth-order valence-corrected chi connectivity index (χ4v) is 2.70. The van der Waals surface area contributed by atoms with Crippen molar-refractivity contribution < 1.29 is 9.53 Å². The second-order valence-corrected chi connectivity index (χ2v) is 5.69. The molecule has 1 saturated carbocycles. The predicted octanol–water partition coefficient (Wildman–Crippen LogP) is 2.48. The van der Waals surface area contributed by atoms with Crippen LogP contribution in [0.2, 0.25) is 0 Å².